The zero-order valence-electron chi connectivity index (χ0n) is 17.5. The van der Waals surface area contributed by atoms with Gasteiger partial charge >= 0.3 is 0 Å². The molecule has 1 aliphatic rings. The number of amides is 1. The van der Waals surface area contributed by atoms with Gasteiger partial charge in [-0.3, -0.25) is 14.9 Å². The molecule has 0 atom stereocenters. The van der Waals surface area contributed by atoms with Crippen LogP contribution in [0.3, 0.4) is 0 Å². The average molecular weight is 417 g/mol. The summed E-state index contributed by atoms with van der Waals surface area (Å²) in [6.07, 6.45) is 0. The van der Waals surface area contributed by atoms with E-state index >= 15 is 0 Å². The number of piperazine rings is 1. The third kappa shape index (κ3) is 4.37. The summed E-state index contributed by atoms with van der Waals surface area (Å²) >= 11 is 0. The molecule has 0 bridgehead atoms. The van der Waals surface area contributed by atoms with Gasteiger partial charge in [0.15, 0.2) is 5.82 Å². The lowest BCUT2D eigenvalue weighted by atomic mass is 10.1. The van der Waals surface area contributed by atoms with Gasteiger partial charge in [0.25, 0.3) is 11.6 Å². The first-order valence-electron chi connectivity index (χ1n) is 10.1. The van der Waals surface area contributed by atoms with E-state index in [1.54, 1.807) is 24.0 Å². The fraction of sp³-hybridized carbons (Fsp3) is 0.261. The number of nitro benzene ring substituents is 1. The summed E-state index contributed by atoms with van der Waals surface area (Å²) in [5.41, 5.74) is 3.88. The highest BCUT2D eigenvalue weighted by molar-refractivity contribution is 5.95. The Hall–Kier alpha value is -3.81. The predicted octanol–water partition coefficient (Wildman–Crippen LogP) is 3.63. The average Bonchev–Trinajstić information content (AvgIpc) is 2.79. The Labute approximate surface area is 180 Å². The molecule has 0 N–H and O–H groups in total. The molecule has 0 spiro atoms. The first-order valence-corrected chi connectivity index (χ1v) is 10.1. The molecule has 1 amide bonds. The molecule has 8 heteroatoms. The van der Waals surface area contributed by atoms with E-state index in [0.717, 1.165) is 17.1 Å². The number of nitrogens with zero attached hydrogens (tertiary/aromatic N) is 5. The third-order valence-electron chi connectivity index (χ3n) is 5.54. The largest absolute Gasteiger partial charge is 0.352 e. The van der Waals surface area contributed by atoms with Gasteiger partial charge in [0.1, 0.15) is 0 Å². The van der Waals surface area contributed by atoms with E-state index in [1.807, 2.05) is 43.3 Å². The summed E-state index contributed by atoms with van der Waals surface area (Å²) in [7, 11) is 0. The van der Waals surface area contributed by atoms with Crippen molar-refractivity contribution in [2.24, 2.45) is 0 Å². The van der Waals surface area contributed by atoms with Gasteiger partial charge in [-0.1, -0.05) is 35.9 Å². The Morgan fingerprint density at radius 1 is 0.935 bits per heavy atom. The Kier molecular flexibility index (Phi) is 5.62. The van der Waals surface area contributed by atoms with Crippen molar-refractivity contribution in [2.75, 3.05) is 31.1 Å². The fourth-order valence-corrected chi connectivity index (χ4v) is 3.63. The van der Waals surface area contributed by atoms with Crippen LogP contribution in [0.15, 0.2) is 54.6 Å². The van der Waals surface area contributed by atoms with Crippen molar-refractivity contribution in [1.29, 1.82) is 0 Å². The van der Waals surface area contributed by atoms with Crippen LogP contribution in [0.25, 0.3) is 11.3 Å². The SMILES string of the molecule is Cc1ccc(-c2ccc(N3CCN(C(=O)c4ccc(C)c([N+](=O)[O-])c4)CC3)nn2)cc1. The van der Waals surface area contributed by atoms with E-state index in [1.165, 1.54) is 11.6 Å². The molecule has 1 aliphatic heterocycles. The maximum atomic E-state index is 12.8. The number of hydrogen-bond acceptors (Lipinski definition) is 6. The number of carbonyl (C=O) groups excluding carboxylic acids is 1. The van der Waals surface area contributed by atoms with E-state index in [9.17, 15) is 14.9 Å². The van der Waals surface area contributed by atoms with Crippen LogP contribution >= 0.6 is 0 Å². The van der Waals surface area contributed by atoms with Crippen LogP contribution < -0.4 is 4.90 Å². The van der Waals surface area contributed by atoms with Gasteiger partial charge in [-0.05, 0) is 32.0 Å². The number of aryl methyl sites for hydroxylation is 2. The van der Waals surface area contributed by atoms with Gasteiger partial charge < -0.3 is 9.80 Å². The second kappa shape index (κ2) is 8.51. The van der Waals surface area contributed by atoms with Crippen molar-refractivity contribution in [1.82, 2.24) is 15.1 Å². The number of hydrogen-bond donors (Lipinski definition) is 0. The lowest BCUT2D eigenvalue weighted by molar-refractivity contribution is -0.385. The molecule has 158 valence electrons. The van der Waals surface area contributed by atoms with Gasteiger partial charge in [-0.25, -0.2) is 0 Å². The van der Waals surface area contributed by atoms with Gasteiger partial charge in [-0.15, -0.1) is 10.2 Å². The molecule has 0 saturated carbocycles. The number of aromatic nitrogens is 2. The molecule has 1 aromatic heterocycles. The van der Waals surface area contributed by atoms with Crippen molar-refractivity contribution >= 4 is 17.4 Å². The van der Waals surface area contributed by atoms with Crippen molar-refractivity contribution < 1.29 is 9.72 Å². The van der Waals surface area contributed by atoms with Crippen molar-refractivity contribution in [3.63, 3.8) is 0 Å². The summed E-state index contributed by atoms with van der Waals surface area (Å²) in [6.45, 7) is 5.99. The maximum Gasteiger partial charge on any atom is 0.273 e. The number of anilines is 1. The van der Waals surface area contributed by atoms with Crippen LogP contribution in [-0.4, -0.2) is 52.1 Å². The first kappa shape index (κ1) is 20.5. The fourth-order valence-electron chi connectivity index (χ4n) is 3.63. The molecule has 1 saturated heterocycles. The lowest BCUT2D eigenvalue weighted by Gasteiger charge is -2.35. The maximum absolute atomic E-state index is 12.8. The van der Waals surface area contributed by atoms with E-state index < -0.39 is 4.92 Å². The predicted molar refractivity (Wildman–Crippen MR) is 118 cm³/mol. The minimum Gasteiger partial charge on any atom is -0.352 e. The van der Waals surface area contributed by atoms with Crippen molar-refractivity contribution in [3.8, 4) is 11.3 Å². The molecule has 0 unspecified atom stereocenters. The number of rotatable bonds is 4. The van der Waals surface area contributed by atoms with Crippen LogP contribution in [0, 0.1) is 24.0 Å². The quantitative estimate of drug-likeness (QED) is 0.475. The summed E-state index contributed by atoms with van der Waals surface area (Å²) in [5, 5.41) is 19.9. The molecule has 8 nitrogen and oxygen atoms in total. The second-order valence-electron chi connectivity index (χ2n) is 7.68. The van der Waals surface area contributed by atoms with E-state index in [0.29, 0.717) is 37.3 Å². The van der Waals surface area contributed by atoms with Crippen LogP contribution in [0.4, 0.5) is 11.5 Å². The molecule has 0 radical (unpaired) electrons. The van der Waals surface area contributed by atoms with E-state index in [-0.39, 0.29) is 11.6 Å². The van der Waals surface area contributed by atoms with E-state index in [4.69, 9.17) is 0 Å². The van der Waals surface area contributed by atoms with Crippen LogP contribution in [0.1, 0.15) is 21.5 Å². The second-order valence-corrected chi connectivity index (χ2v) is 7.68. The van der Waals surface area contributed by atoms with Crippen LogP contribution in [-0.2, 0) is 0 Å². The zero-order chi connectivity index (χ0) is 22.0. The van der Waals surface area contributed by atoms with Gasteiger partial charge in [0, 0.05) is 48.9 Å². The molecular weight excluding hydrogens is 394 g/mol. The standard InChI is InChI=1S/C23H23N5O3/c1-16-3-6-18(7-4-16)20-9-10-22(25-24-20)26-11-13-27(14-12-26)23(29)19-8-5-17(2)21(15-19)28(30)31/h3-10,15H,11-14H2,1-2H3. The molecule has 1 fully saturated rings. The number of carbonyl (C=O) groups is 1. The molecule has 4 rings (SSSR count). The van der Waals surface area contributed by atoms with Crippen molar-refractivity contribution in [2.45, 2.75) is 13.8 Å². The Bertz CT molecular complexity index is 1110. The third-order valence-corrected chi connectivity index (χ3v) is 5.54. The topological polar surface area (TPSA) is 92.5 Å². The van der Waals surface area contributed by atoms with Crippen LogP contribution in [0.2, 0.25) is 0 Å². The van der Waals surface area contributed by atoms with Gasteiger partial charge in [0.2, 0.25) is 0 Å². The minimum atomic E-state index is -0.455. The summed E-state index contributed by atoms with van der Waals surface area (Å²) in [5.74, 6) is 0.581. The highest BCUT2D eigenvalue weighted by Gasteiger charge is 2.24. The first-order chi connectivity index (χ1) is 14.9. The number of nitro groups is 1. The molecule has 2 heterocycles. The van der Waals surface area contributed by atoms with Gasteiger partial charge in [-0.2, -0.15) is 0 Å². The normalized spacial score (nSPS) is 13.9. The summed E-state index contributed by atoms with van der Waals surface area (Å²) in [6, 6.07) is 16.7. The summed E-state index contributed by atoms with van der Waals surface area (Å²) < 4.78 is 0. The minimum absolute atomic E-state index is 0.0339. The lowest BCUT2D eigenvalue weighted by Crippen LogP contribution is -2.49. The molecule has 3 aromatic rings. The Balaban J connectivity index is 1.40. The van der Waals surface area contributed by atoms with Crippen molar-refractivity contribution in [3.05, 3.63) is 81.4 Å². The monoisotopic (exact) mass is 417 g/mol. The van der Waals surface area contributed by atoms with E-state index in [2.05, 4.69) is 15.1 Å². The number of benzene rings is 2. The molecule has 31 heavy (non-hydrogen) atoms. The summed E-state index contributed by atoms with van der Waals surface area (Å²) in [4.78, 5) is 27.3. The Morgan fingerprint density at radius 3 is 2.26 bits per heavy atom. The highest BCUT2D eigenvalue weighted by Crippen LogP contribution is 2.22. The highest BCUT2D eigenvalue weighted by atomic mass is 16.6. The smallest absolute Gasteiger partial charge is 0.273 e. The van der Waals surface area contributed by atoms with Crippen LogP contribution in [0.5, 0.6) is 0 Å². The Morgan fingerprint density at radius 2 is 1.65 bits per heavy atom. The zero-order valence-corrected chi connectivity index (χ0v) is 17.5. The molecular formula is C23H23N5O3. The molecule has 2 aromatic carbocycles. The molecule has 0 aliphatic carbocycles. The van der Waals surface area contributed by atoms with Gasteiger partial charge in [0.05, 0.1) is 10.6 Å².